The summed E-state index contributed by atoms with van der Waals surface area (Å²) in [6, 6.07) is 0.610. The molecule has 1 aliphatic carbocycles. The number of methoxy groups -OCH3 is 1. The fraction of sp³-hybridized carbons (Fsp3) is 0.733. The van der Waals surface area contributed by atoms with E-state index in [1.165, 1.54) is 32.8 Å². The Bertz CT molecular complexity index is 447. The number of rotatable bonds is 5. The minimum atomic E-state index is -0.172. The lowest BCUT2D eigenvalue weighted by Gasteiger charge is -2.33. The van der Waals surface area contributed by atoms with E-state index in [2.05, 4.69) is 34.0 Å². The van der Waals surface area contributed by atoms with Crippen LogP contribution >= 0.6 is 11.3 Å². The molecule has 1 aromatic rings. The molecule has 1 fully saturated rings. The summed E-state index contributed by atoms with van der Waals surface area (Å²) < 4.78 is 4.66. The van der Waals surface area contributed by atoms with Gasteiger partial charge in [0.05, 0.1) is 19.2 Å². The topological polar surface area (TPSA) is 42.4 Å². The zero-order valence-electron chi connectivity index (χ0n) is 12.6. The highest BCUT2D eigenvalue weighted by Crippen LogP contribution is 2.31. The van der Waals surface area contributed by atoms with Crippen LogP contribution in [0.1, 0.15) is 44.7 Å². The van der Waals surface area contributed by atoms with Crippen molar-refractivity contribution in [3.8, 4) is 0 Å². The van der Waals surface area contributed by atoms with Gasteiger partial charge < -0.3 is 9.64 Å². The highest BCUT2D eigenvalue weighted by atomic mass is 32.1. The van der Waals surface area contributed by atoms with Crippen molar-refractivity contribution in [2.24, 2.45) is 5.92 Å². The molecule has 0 N–H and O–H groups in total. The first-order valence-electron chi connectivity index (χ1n) is 7.34. The molecule has 1 aromatic heterocycles. The summed E-state index contributed by atoms with van der Waals surface area (Å²) in [6.45, 7) is 2.34. The zero-order chi connectivity index (χ0) is 14.5. The van der Waals surface area contributed by atoms with Gasteiger partial charge in [-0.2, -0.15) is 0 Å². The van der Waals surface area contributed by atoms with E-state index >= 15 is 0 Å². The van der Waals surface area contributed by atoms with Gasteiger partial charge in [0.2, 0.25) is 0 Å². The lowest BCUT2D eigenvalue weighted by Crippen LogP contribution is -2.35. The lowest BCUT2D eigenvalue weighted by atomic mass is 9.86. The number of aromatic nitrogens is 1. The van der Waals surface area contributed by atoms with E-state index in [4.69, 9.17) is 0 Å². The van der Waals surface area contributed by atoms with Crippen molar-refractivity contribution < 1.29 is 9.53 Å². The van der Waals surface area contributed by atoms with Crippen molar-refractivity contribution in [1.29, 1.82) is 0 Å². The predicted octanol–water partition coefficient (Wildman–Crippen LogP) is 3.26. The van der Waals surface area contributed by atoms with Crippen LogP contribution in [0.2, 0.25) is 0 Å². The number of nitrogens with zero attached hydrogens (tertiary/aromatic N) is 2. The predicted molar refractivity (Wildman–Crippen MR) is 82.3 cm³/mol. The summed E-state index contributed by atoms with van der Waals surface area (Å²) in [7, 11) is 3.57. The molecule has 1 saturated carbocycles. The van der Waals surface area contributed by atoms with E-state index in [-0.39, 0.29) is 5.97 Å². The monoisotopic (exact) mass is 296 g/mol. The Balaban J connectivity index is 1.92. The van der Waals surface area contributed by atoms with Crippen LogP contribution in [0.3, 0.4) is 0 Å². The second kappa shape index (κ2) is 7.07. The maximum Gasteiger partial charge on any atom is 0.305 e. The molecule has 0 saturated heterocycles. The Labute approximate surface area is 125 Å². The molecule has 0 aliphatic heterocycles. The number of anilines is 1. The van der Waals surface area contributed by atoms with Crippen LogP contribution in [-0.2, 0) is 16.0 Å². The van der Waals surface area contributed by atoms with E-state index in [1.54, 1.807) is 11.3 Å². The van der Waals surface area contributed by atoms with Gasteiger partial charge in [0.25, 0.3) is 0 Å². The molecular weight excluding hydrogens is 272 g/mol. The summed E-state index contributed by atoms with van der Waals surface area (Å²) >= 11 is 1.67. The van der Waals surface area contributed by atoms with Crippen LogP contribution < -0.4 is 4.90 Å². The van der Waals surface area contributed by atoms with E-state index < -0.39 is 0 Å². The molecular formula is C15H24N2O2S. The quantitative estimate of drug-likeness (QED) is 0.782. The zero-order valence-corrected chi connectivity index (χ0v) is 13.4. The molecule has 0 spiro atoms. The fourth-order valence-corrected chi connectivity index (χ4v) is 3.71. The fourth-order valence-electron chi connectivity index (χ4n) is 2.82. The molecule has 0 radical (unpaired) electrons. The van der Waals surface area contributed by atoms with Crippen molar-refractivity contribution in [2.45, 2.75) is 51.5 Å². The van der Waals surface area contributed by atoms with Gasteiger partial charge in [-0.15, -0.1) is 11.3 Å². The van der Waals surface area contributed by atoms with E-state index in [1.807, 2.05) is 0 Å². The molecule has 4 nitrogen and oxygen atoms in total. The first-order chi connectivity index (χ1) is 9.60. The molecule has 2 rings (SSSR count). The lowest BCUT2D eigenvalue weighted by molar-refractivity contribution is -0.140. The SMILES string of the molecule is COC(=O)CCc1csc(N(C)C2CCCC(C)C2)n1. The average Bonchev–Trinajstić information content (AvgIpc) is 2.92. The summed E-state index contributed by atoms with van der Waals surface area (Å²) in [6.07, 6.45) is 6.26. The molecule has 2 unspecified atom stereocenters. The number of aryl methyl sites for hydroxylation is 1. The van der Waals surface area contributed by atoms with Gasteiger partial charge >= 0.3 is 5.97 Å². The molecule has 1 heterocycles. The molecule has 5 heteroatoms. The number of hydrogen-bond donors (Lipinski definition) is 0. The third kappa shape index (κ3) is 3.95. The Morgan fingerprint density at radius 1 is 1.55 bits per heavy atom. The van der Waals surface area contributed by atoms with Crippen LogP contribution in [0, 0.1) is 5.92 Å². The van der Waals surface area contributed by atoms with Crippen molar-refractivity contribution in [3.05, 3.63) is 11.1 Å². The van der Waals surface area contributed by atoms with Gasteiger partial charge in [-0.25, -0.2) is 4.98 Å². The summed E-state index contributed by atoms with van der Waals surface area (Å²) in [4.78, 5) is 18.1. The standard InChI is InChI=1S/C15H24N2O2S/c1-11-5-4-6-13(9-11)17(2)15-16-12(10-20-15)7-8-14(18)19-3/h10-11,13H,4-9H2,1-3H3. The van der Waals surface area contributed by atoms with Crippen LogP contribution in [0.4, 0.5) is 5.13 Å². The van der Waals surface area contributed by atoms with Gasteiger partial charge in [0, 0.05) is 24.9 Å². The highest BCUT2D eigenvalue weighted by Gasteiger charge is 2.24. The summed E-state index contributed by atoms with van der Waals surface area (Å²) in [5.74, 6) is 0.643. The third-order valence-electron chi connectivity index (χ3n) is 4.11. The summed E-state index contributed by atoms with van der Waals surface area (Å²) in [5.41, 5.74) is 0.992. The van der Waals surface area contributed by atoms with Gasteiger partial charge in [-0.05, 0) is 18.8 Å². The number of thiazole rings is 1. The first-order valence-corrected chi connectivity index (χ1v) is 8.22. The number of esters is 1. The minimum Gasteiger partial charge on any atom is -0.469 e. The van der Waals surface area contributed by atoms with Crippen LogP contribution in [0.15, 0.2) is 5.38 Å². The van der Waals surface area contributed by atoms with Gasteiger partial charge in [0.15, 0.2) is 5.13 Å². The summed E-state index contributed by atoms with van der Waals surface area (Å²) in [5, 5.41) is 3.13. The number of carbonyl (C=O) groups is 1. The molecule has 20 heavy (non-hydrogen) atoms. The molecule has 0 bridgehead atoms. The minimum absolute atomic E-state index is 0.172. The van der Waals surface area contributed by atoms with E-state index in [9.17, 15) is 4.79 Å². The van der Waals surface area contributed by atoms with Crippen LogP contribution in [-0.4, -0.2) is 31.2 Å². The first kappa shape index (κ1) is 15.3. The maximum atomic E-state index is 11.2. The largest absolute Gasteiger partial charge is 0.469 e. The Morgan fingerprint density at radius 2 is 2.35 bits per heavy atom. The highest BCUT2D eigenvalue weighted by molar-refractivity contribution is 7.13. The van der Waals surface area contributed by atoms with E-state index in [0.717, 1.165) is 16.7 Å². The Morgan fingerprint density at radius 3 is 3.05 bits per heavy atom. The van der Waals surface area contributed by atoms with Gasteiger partial charge in [-0.3, -0.25) is 4.79 Å². The molecule has 0 aromatic carbocycles. The smallest absolute Gasteiger partial charge is 0.305 e. The van der Waals surface area contributed by atoms with E-state index in [0.29, 0.717) is 18.9 Å². The number of ether oxygens (including phenoxy) is 1. The molecule has 2 atom stereocenters. The van der Waals surface area contributed by atoms with Crippen molar-refractivity contribution in [1.82, 2.24) is 4.98 Å². The molecule has 0 amide bonds. The van der Waals surface area contributed by atoms with Crippen LogP contribution in [0.25, 0.3) is 0 Å². The maximum absolute atomic E-state index is 11.2. The van der Waals surface area contributed by atoms with Gasteiger partial charge in [-0.1, -0.05) is 19.8 Å². The van der Waals surface area contributed by atoms with Crippen LogP contribution in [0.5, 0.6) is 0 Å². The van der Waals surface area contributed by atoms with Crippen molar-refractivity contribution in [2.75, 3.05) is 19.1 Å². The number of carbonyl (C=O) groups excluding carboxylic acids is 1. The Kier molecular flexibility index (Phi) is 5.40. The third-order valence-corrected chi connectivity index (χ3v) is 5.09. The Hall–Kier alpha value is -1.10. The molecule has 1 aliphatic rings. The second-order valence-corrected chi connectivity index (χ2v) is 6.57. The van der Waals surface area contributed by atoms with Gasteiger partial charge in [0.1, 0.15) is 0 Å². The average molecular weight is 296 g/mol. The second-order valence-electron chi connectivity index (χ2n) is 5.73. The molecule has 112 valence electrons. The van der Waals surface area contributed by atoms with Crippen molar-refractivity contribution >= 4 is 22.4 Å². The number of hydrogen-bond acceptors (Lipinski definition) is 5. The normalized spacial score (nSPS) is 22.6. The van der Waals surface area contributed by atoms with Crippen molar-refractivity contribution in [3.63, 3.8) is 0 Å².